The number of pyridine rings is 1. The molecule has 13 heavy (non-hydrogen) atoms. The molecule has 3 nitrogen and oxygen atoms in total. The van der Waals surface area contributed by atoms with E-state index in [1.165, 1.54) is 0 Å². The molecule has 0 bridgehead atoms. The van der Waals surface area contributed by atoms with Gasteiger partial charge in [0.05, 0.1) is 6.20 Å². The summed E-state index contributed by atoms with van der Waals surface area (Å²) in [6.45, 7) is 6.07. The smallest absolute Gasteiger partial charge is 0.192 e. The third kappa shape index (κ3) is 1.41. The van der Waals surface area contributed by atoms with E-state index < -0.39 is 0 Å². The van der Waals surface area contributed by atoms with Crippen LogP contribution in [-0.4, -0.2) is 9.97 Å². The number of aryl methyl sites for hydroxylation is 1. The summed E-state index contributed by atoms with van der Waals surface area (Å²) in [5.74, 6) is 1.12. The number of oxazole rings is 1. The first-order chi connectivity index (χ1) is 6.16. The molecule has 68 valence electrons. The van der Waals surface area contributed by atoms with Crippen LogP contribution in [0.5, 0.6) is 0 Å². The topological polar surface area (TPSA) is 38.9 Å². The first-order valence-corrected chi connectivity index (χ1v) is 4.40. The Kier molecular flexibility index (Phi) is 1.79. The highest BCUT2D eigenvalue weighted by atomic mass is 16.3. The van der Waals surface area contributed by atoms with Crippen LogP contribution in [0.2, 0.25) is 0 Å². The van der Waals surface area contributed by atoms with Gasteiger partial charge in [0.15, 0.2) is 11.5 Å². The second-order valence-electron chi connectivity index (χ2n) is 3.46. The minimum absolute atomic E-state index is 0.432. The maximum absolute atomic E-state index is 5.33. The lowest BCUT2D eigenvalue weighted by atomic mass is 10.1. The molecule has 0 radical (unpaired) electrons. The zero-order valence-electron chi connectivity index (χ0n) is 8.03. The van der Waals surface area contributed by atoms with Crippen molar-refractivity contribution < 1.29 is 4.42 Å². The Morgan fingerprint density at radius 1 is 1.38 bits per heavy atom. The Labute approximate surface area is 76.8 Å². The van der Waals surface area contributed by atoms with Crippen molar-refractivity contribution in [2.45, 2.75) is 26.7 Å². The monoisotopic (exact) mass is 176 g/mol. The van der Waals surface area contributed by atoms with Gasteiger partial charge < -0.3 is 4.42 Å². The van der Waals surface area contributed by atoms with E-state index in [1.54, 1.807) is 6.20 Å². The second kappa shape index (κ2) is 2.83. The van der Waals surface area contributed by atoms with Gasteiger partial charge in [0.2, 0.25) is 0 Å². The van der Waals surface area contributed by atoms with Gasteiger partial charge in [-0.25, -0.2) is 4.98 Å². The molecule has 0 aliphatic rings. The first kappa shape index (κ1) is 8.23. The number of hydrogen-bond donors (Lipinski definition) is 0. The molecular weight excluding hydrogens is 164 g/mol. The van der Waals surface area contributed by atoms with Crippen LogP contribution in [0.1, 0.15) is 31.4 Å². The van der Waals surface area contributed by atoms with Crippen molar-refractivity contribution in [3.63, 3.8) is 0 Å². The molecule has 3 heteroatoms. The molecular formula is C10H12N2O. The third-order valence-electron chi connectivity index (χ3n) is 2.00. The number of aromatic nitrogens is 2. The average molecular weight is 176 g/mol. The SMILES string of the molecule is Cc1nc2cc(C(C)C)ncc2o1. The standard InChI is InChI=1S/C10H12N2O/c1-6(2)8-4-9-10(5-11-8)13-7(3)12-9/h4-6H,1-3H3. The molecule has 0 saturated heterocycles. The van der Waals surface area contributed by atoms with Gasteiger partial charge in [-0.1, -0.05) is 13.8 Å². The van der Waals surface area contributed by atoms with Crippen LogP contribution in [0.15, 0.2) is 16.7 Å². The van der Waals surface area contributed by atoms with E-state index >= 15 is 0 Å². The lowest BCUT2D eigenvalue weighted by molar-refractivity contribution is 0.559. The predicted octanol–water partition coefficient (Wildman–Crippen LogP) is 2.65. The van der Waals surface area contributed by atoms with Crippen LogP contribution in [0, 0.1) is 6.92 Å². The molecule has 0 atom stereocenters. The summed E-state index contributed by atoms with van der Waals surface area (Å²) in [5.41, 5.74) is 2.72. The summed E-state index contributed by atoms with van der Waals surface area (Å²) in [4.78, 5) is 8.54. The normalized spacial score (nSPS) is 11.4. The molecule has 0 spiro atoms. The van der Waals surface area contributed by atoms with Gasteiger partial charge in [-0.3, -0.25) is 4.98 Å². The zero-order valence-corrected chi connectivity index (χ0v) is 8.03. The largest absolute Gasteiger partial charge is 0.439 e. The van der Waals surface area contributed by atoms with Gasteiger partial charge in [-0.05, 0) is 12.0 Å². The van der Waals surface area contributed by atoms with E-state index in [2.05, 4.69) is 23.8 Å². The molecule has 0 aliphatic carbocycles. The van der Waals surface area contributed by atoms with Crippen molar-refractivity contribution >= 4 is 11.1 Å². The average Bonchev–Trinajstić information content (AvgIpc) is 2.42. The lowest BCUT2D eigenvalue weighted by Crippen LogP contribution is -1.90. The Morgan fingerprint density at radius 2 is 2.15 bits per heavy atom. The lowest BCUT2D eigenvalue weighted by Gasteiger charge is -2.01. The van der Waals surface area contributed by atoms with Crippen molar-refractivity contribution in [3.8, 4) is 0 Å². The first-order valence-electron chi connectivity index (χ1n) is 4.40. The van der Waals surface area contributed by atoms with Crippen LogP contribution >= 0.6 is 0 Å². The highest BCUT2D eigenvalue weighted by Gasteiger charge is 2.06. The number of hydrogen-bond acceptors (Lipinski definition) is 3. The molecule has 0 unspecified atom stereocenters. The molecule has 0 amide bonds. The summed E-state index contributed by atoms with van der Waals surface area (Å²) in [5, 5.41) is 0. The van der Waals surface area contributed by atoms with Gasteiger partial charge in [-0.15, -0.1) is 0 Å². The van der Waals surface area contributed by atoms with Gasteiger partial charge >= 0.3 is 0 Å². The van der Waals surface area contributed by atoms with Crippen molar-refractivity contribution in [2.75, 3.05) is 0 Å². The minimum Gasteiger partial charge on any atom is -0.439 e. The molecule has 0 saturated carbocycles. The van der Waals surface area contributed by atoms with E-state index in [9.17, 15) is 0 Å². The van der Waals surface area contributed by atoms with Gasteiger partial charge in [-0.2, -0.15) is 0 Å². The zero-order chi connectivity index (χ0) is 9.42. The van der Waals surface area contributed by atoms with E-state index in [1.807, 2.05) is 13.0 Å². The maximum atomic E-state index is 5.33. The van der Waals surface area contributed by atoms with Crippen molar-refractivity contribution in [1.82, 2.24) is 9.97 Å². The molecule has 2 rings (SSSR count). The summed E-state index contributed by atoms with van der Waals surface area (Å²) < 4.78 is 5.33. The highest BCUT2D eigenvalue weighted by Crippen LogP contribution is 2.18. The Bertz CT molecular complexity index is 431. The van der Waals surface area contributed by atoms with E-state index in [0.29, 0.717) is 11.8 Å². The van der Waals surface area contributed by atoms with Crippen LogP contribution < -0.4 is 0 Å². The third-order valence-corrected chi connectivity index (χ3v) is 2.00. The number of nitrogens with zero attached hydrogens (tertiary/aromatic N) is 2. The quantitative estimate of drug-likeness (QED) is 0.670. The number of rotatable bonds is 1. The molecule has 2 heterocycles. The molecule has 2 aromatic rings. The summed E-state index contributed by atoms with van der Waals surface area (Å²) in [6.07, 6.45) is 1.74. The van der Waals surface area contributed by atoms with Crippen molar-refractivity contribution in [3.05, 3.63) is 23.8 Å². The van der Waals surface area contributed by atoms with Crippen LogP contribution in [0.4, 0.5) is 0 Å². The fraction of sp³-hybridized carbons (Fsp3) is 0.400. The van der Waals surface area contributed by atoms with E-state index in [0.717, 1.165) is 16.8 Å². The van der Waals surface area contributed by atoms with Gasteiger partial charge in [0.1, 0.15) is 5.52 Å². The predicted molar refractivity (Wildman–Crippen MR) is 50.6 cm³/mol. The molecule has 0 N–H and O–H groups in total. The number of fused-ring (bicyclic) bond motifs is 1. The fourth-order valence-electron chi connectivity index (χ4n) is 1.28. The molecule has 0 aliphatic heterocycles. The maximum Gasteiger partial charge on any atom is 0.192 e. The van der Waals surface area contributed by atoms with Crippen LogP contribution in [0.3, 0.4) is 0 Å². The molecule has 0 aromatic carbocycles. The second-order valence-corrected chi connectivity index (χ2v) is 3.46. The fourth-order valence-corrected chi connectivity index (χ4v) is 1.28. The van der Waals surface area contributed by atoms with Crippen molar-refractivity contribution in [1.29, 1.82) is 0 Å². The molecule has 0 fully saturated rings. The summed E-state index contributed by atoms with van der Waals surface area (Å²) in [6, 6.07) is 1.98. The minimum atomic E-state index is 0.432. The van der Waals surface area contributed by atoms with Gasteiger partial charge in [0, 0.05) is 12.6 Å². The van der Waals surface area contributed by atoms with Gasteiger partial charge in [0.25, 0.3) is 0 Å². The Morgan fingerprint density at radius 3 is 2.85 bits per heavy atom. The summed E-state index contributed by atoms with van der Waals surface area (Å²) in [7, 11) is 0. The molecule has 2 aromatic heterocycles. The summed E-state index contributed by atoms with van der Waals surface area (Å²) >= 11 is 0. The van der Waals surface area contributed by atoms with Crippen LogP contribution in [0.25, 0.3) is 11.1 Å². The van der Waals surface area contributed by atoms with E-state index in [4.69, 9.17) is 4.42 Å². The Balaban J connectivity index is 2.61. The van der Waals surface area contributed by atoms with Crippen LogP contribution in [-0.2, 0) is 0 Å². The van der Waals surface area contributed by atoms with E-state index in [-0.39, 0.29) is 0 Å². The Hall–Kier alpha value is -1.38. The van der Waals surface area contributed by atoms with Crippen molar-refractivity contribution in [2.24, 2.45) is 0 Å². The highest BCUT2D eigenvalue weighted by molar-refractivity contribution is 5.71.